The Hall–Kier alpha value is -1.61. The van der Waals surface area contributed by atoms with E-state index < -0.39 is 0 Å². The first-order chi connectivity index (χ1) is 9.22. The summed E-state index contributed by atoms with van der Waals surface area (Å²) < 4.78 is 0. The molecular formula is C15H16ClN3. The van der Waals surface area contributed by atoms with Gasteiger partial charge in [0.1, 0.15) is 16.8 Å². The molecule has 1 N–H and O–H groups in total. The molecular weight excluding hydrogens is 258 g/mol. The van der Waals surface area contributed by atoms with Crippen molar-refractivity contribution in [2.24, 2.45) is 0 Å². The van der Waals surface area contributed by atoms with Crippen molar-refractivity contribution in [3.05, 3.63) is 52.4 Å². The molecule has 3 rings (SSSR count). The maximum absolute atomic E-state index is 6.04. The number of aromatic nitrogens is 2. The lowest BCUT2D eigenvalue weighted by atomic mass is 10.1. The topological polar surface area (TPSA) is 37.8 Å². The van der Waals surface area contributed by atoms with Crippen molar-refractivity contribution < 1.29 is 0 Å². The minimum Gasteiger partial charge on any atom is -0.366 e. The highest BCUT2D eigenvalue weighted by Gasteiger charge is 2.27. The van der Waals surface area contributed by atoms with Crippen LogP contribution in [0.1, 0.15) is 35.7 Å². The standard InChI is InChI=1S/C15H16ClN3/c1-10-4-2-3-5-12(10)9-17-14-8-13(16)18-15(19-14)11-6-7-11/h2-5,8,11H,6-7,9H2,1H3,(H,17,18,19). The van der Waals surface area contributed by atoms with Crippen LogP contribution in [0, 0.1) is 6.92 Å². The first-order valence-electron chi connectivity index (χ1n) is 6.55. The second kappa shape index (κ2) is 5.17. The van der Waals surface area contributed by atoms with E-state index in [0.717, 1.165) is 18.2 Å². The highest BCUT2D eigenvalue weighted by molar-refractivity contribution is 6.29. The predicted molar refractivity (Wildman–Crippen MR) is 77.5 cm³/mol. The van der Waals surface area contributed by atoms with Gasteiger partial charge in [0.05, 0.1) is 0 Å². The van der Waals surface area contributed by atoms with Gasteiger partial charge in [-0.25, -0.2) is 9.97 Å². The zero-order valence-corrected chi connectivity index (χ0v) is 11.6. The summed E-state index contributed by atoms with van der Waals surface area (Å²) in [6.07, 6.45) is 2.36. The lowest BCUT2D eigenvalue weighted by Gasteiger charge is -2.09. The van der Waals surface area contributed by atoms with Crippen LogP contribution in [0.4, 0.5) is 5.82 Å². The van der Waals surface area contributed by atoms with Gasteiger partial charge in [0.2, 0.25) is 0 Å². The average molecular weight is 274 g/mol. The van der Waals surface area contributed by atoms with Gasteiger partial charge in [-0.2, -0.15) is 0 Å². The van der Waals surface area contributed by atoms with Gasteiger partial charge >= 0.3 is 0 Å². The molecule has 4 heteroatoms. The number of halogens is 1. The Morgan fingerprint density at radius 2 is 2.05 bits per heavy atom. The molecule has 98 valence electrons. The van der Waals surface area contributed by atoms with E-state index >= 15 is 0 Å². The quantitative estimate of drug-likeness (QED) is 0.858. The van der Waals surface area contributed by atoms with Gasteiger partial charge in [0.15, 0.2) is 0 Å². The Balaban J connectivity index is 1.74. The van der Waals surface area contributed by atoms with E-state index in [2.05, 4.69) is 34.3 Å². The van der Waals surface area contributed by atoms with Gasteiger partial charge in [-0.3, -0.25) is 0 Å². The van der Waals surface area contributed by atoms with E-state index in [1.807, 2.05) is 12.1 Å². The summed E-state index contributed by atoms with van der Waals surface area (Å²) in [5, 5.41) is 3.85. The number of anilines is 1. The Morgan fingerprint density at radius 1 is 1.26 bits per heavy atom. The van der Waals surface area contributed by atoms with Gasteiger partial charge in [-0.1, -0.05) is 35.9 Å². The summed E-state index contributed by atoms with van der Waals surface area (Å²) in [5.41, 5.74) is 2.54. The number of benzene rings is 1. The molecule has 0 spiro atoms. The molecule has 2 aromatic rings. The minimum atomic E-state index is 0.512. The zero-order valence-electron chi connectivity index (χ0n) is 10.9. The molecule has 1 aromatic carbocycles. The van der Waals surface area contributed by atoms with E-state index in [0.29, 0.717) is 11.1 Å². The van der Waals surface area contributed by atoms with E-state index in [9.17, 15) is 0 Å². The normalized spacial score (nSPS) is 14.4. The molecule has 19 heavy (non-hydrogen) atoms. The van der Waals surface area contributed by atoms with Crippen molar-refractivity contribution >= 4 is 17.4 Å². The van der Waals surface area contributed by atoms with Crippen molar-refractivity contribution in [2.45, 2.75) is 32.2 Å². The lowest BCUT2D eigenvalue weighted by molar-refractivity contribution is 0.920. The molecule has 0 atom stereocenters. The van der Waals surface area contributed by atoms with Crippen molar-refractivity contribution in [1.82, 2.24) is 9.97 Å². The Labute approximate surface area is 118 Å². The third kappa shape index (κ3) is 3.04. The molecule has 0 saturated heterocycles. The SMILES string of the molecule is Cc1ccccc1CNc1cc(Cl)nc(C2CC2)n1. The van der Waals surface area contributed by atoms with Crippen molar-refractivity contribution in [3.63, 3.8) is 0 Å². The molecule has 0 radical (unpaired) electrons. The van der Waals surface area contributed by atoms with Crippen LogP contribution in [0.5, 0.6) is 0 Å². The number of hydrogen-bond donors (Lipinski definition) is 1. The number of nitrogens with one attached hydrogen (secondary N) is 1. The summed E-state index contributed by atoms with van der Waals surface area (Å²) in [4.78, 5) is 8.82. The second-order valence-corrected chi connectivity index (χ2v) is 5.38. The fourth-order valence-corrected chi connectivity index (χ4v) is 2.23. The summed E-state index contributed by atoms with van der Waals surface area (Å²) in [6.45, 7) is 2.86. The zero-order chi connectivity index (χ0) is 13.2. The van der Waals surface area contributed by atoms with Crippen molar-refractivity contribution in [3.8, 4) is 0 Å². The molecule has 1 aromatic heterocycles. The third-order valence-electron chi connectivity index (χ3n) is 3.38. The Morgan fingerprint density at radius 3 is 2.79 bits per heavy atom. The predicted octanol–water partition coefficient (Wildman–Crippen LogP) is 3.93. The second-order valence-electron chi connectivity index (χ2n) is 4.99. The minimum absolute atomic E-state index is 0.512. The molecule has 1 heterocycles. The largest absolute Gasteiger partial charge is 0.366 e. The molecule has 0 aliphatic heterocycles. The highest BCUT2D eigenvalue weighted by Crippen LogP contribution is 2.38. The Kier molecular flexibility index (Phi) is 3.38. The highest BCUT2D eigenvalue weighted by atomic mass is 35.5. The van der Waals surface area contributed by atoms with Crippen LogP contribution >= 0.6 is 11.6 Å². The van der Waals surface area contributed by atoms with Crippen LogP contribution in [0.25, 0.3) is 0 Å². The maximum atomic E-state index is 6.04. The molecule has 1 fully saturated rings. The van der Waals surface area contributed by atoms with E-state index in [1.165, 1.54) is 24.0 Å². The lowest BCUT2D eigenvalue weighted by Crippen LogP contribution is -2.05. The first-order valence-corrected chi connectivity index (χ1v) is 6.93. The number of nitrogens with zero attached hydrogens (tertiary/aromatic N) is 2. The number of hydrogen-bond acceptors (Lipinski definition) is 3. The molecule has 0 amide bonds. The summed E-state index contributed by atoms with van der Waals surface area (Å²) >= 11 is 6.04. The van der Waals surface area contributed by atoms with Gasteiger partial charge in [0, 0.05) is 18.5 Å². The van der Waals surface area contributed by atoms with Gasteiger partial charge in [0.25, 0.3) is 0 Å². The summed E-state index contributed by atoms with van der Waals surface area (Å²) in [7, 11) is 0. The molecule has 0 unspecified atom stereocenters. The molecule has 1 aliphatic rings. The molecule has 1 aliphatic carbocycles. The van der Waals surface area contributed by atoms with Crippen LogP contribution in [-0.4, -0.2) is 9.97 Å². The van der Waals surface area contributed by atoms with E-state index in [4.69, 9.17) is 11.6 Å². The van der Waals surface area contributed by atoms with Crippen LogP contribution in [-0.2, 0) is 6.54 Å². The number of aryl methyl sites for hydroxylation is 1. The van der Waals surface area contributed by atoms with Gasteiger partial charge < -0.3 is 5.32 Å². The average Bonchev–Trinajstić information content (AvgIpc) is 3.21. The summed E-state index contributed by atoms with van der Waals surface area (Å²) in [6, 6.07) is 10.1. The molecule has 3 nitrogen and oxygen atoms in total. The Bertz CT molecular complexity index is 594. The van der Waals surface area contributed by atoms with Gasteiger partial charge in [-0.15, -0.1) is 0 Å². The summed E-state index contributed by atoms with van der Waals surface area (Å²) in [5.74, 6) is 2.20. The van der Waals surface area contributed by atoms with Crippen LogP contribution in [0.15, 0.2) is 30.3 Å². The van der Waals surface area contributed by atoms with Crippen LogP contribution in [0.3, 0.4) is 0 Å². The smallest absolute Gasteiger partial charge is 0.135 e. The van der Waals surface area contributed by atoms with Crippen LogP contribution in [0.2, 0.25) is 5.15 Å². The third-order valence-corrected chi connectivity index (χ3v) is 3.57. The number of rotatable bonds is 4. The monoisotopic (exact) mass is 273 g/mol. The van der Waals surface area contributed by atoms with Crippen molar-refractivity contribution in [1.29, 1.82) is 0 Å². The van der Waals surface area contributed by atoms with Gasteiger partial charge in [-0.05, 0) is 30.9 Å². The van der Waals surface area contributed by atoms with Crippen LogP contribution < -0.4 is 5.32 Å². The van der Waals surface area contributed by atoms with E-state index in [1.54, 1.807) is 6.07 Å². The van der Waals surface area contributed by atoms with Crippen molar-refractivity contribution in [2.75, 3.05) is 5.32 Å². The fourth-order valence-electron chi connectivity index (χ4n) is 2.04. The van der Waals surface area contributed by atoms with E-state index in [-0.39, 0.29) is 0 Å². The molecule has 1 saturated carbocycles. The first kappa shape index (κ1) is 12.4. The fraction of sp³-hybridized carbons (Fsp3) is 0.333. The maximum Gasteiger partial charge on any atom is 0.135 e. The molecule has 0 bridgehead atoms.